The van der Waals surface area contributed by atoms with Crippen molar-refractivity contribution >= 4 is 11.8 Å². The lowest BCUT2D eigenvalue weighted by atomic mass is 9.98. The van der Waals surface area contributed by atoms with E-state index in [1.807, 2.05) is 0 Å². The van der Waals surface area contributed by atoms with E-state index in [4.69, 9.17) is 0 Å². The minimum atomic E-state index is 0.349. The maximum absolute atomic E-state index is 12.2. The molecule has 0 spiro atoms. The quantitative estimate of drug-likeness (QED) is 0.615. The molecule has 0 aromatic carbocycles. The third-order valence-corrected chi connectivity index (χ3v) is 6.05. The highest BCUT2D eigenvalue weighted by Gasteiger charge is 2.20. The molecule has 2 rings (SSSR count). The van der Waals surface area contributed by atoms with E-state index in [9.17, 15) is 9.59 Å². The molecule has 0 aliphatic carbocycles. The minimum absolute atomic E-state index is 0.349. The highest BCUT2D eigenvalue weighted by atomic mass is 16.2. The molecule has 0 N–H and O–H groups in total. The fourth-order valence-corrected chi connectivity index (χ4v) is 3.91. The molecule has 0 aromatic heterocycles. The molecule has 25 heavy (non-hydrogen) atoms. The second-order valence-electron chi connectivity index (χ2n) is 8.39. The minimum Gasteiger partial charge on any atom is -0.343 e. The van der Waals surface area contributed by atoms with Crippen LogP contribution in [-0.2, 0) is 9.59 Å². The first kappa shape index (κ1) is 20.3. The second kappa shape index (κ2) is 10.8. The Labute approximate surface area is 154 Å². The third-order valence-electron chi connectivity index (χ3n) is 6.05. The predicted octanol–water partition coefficient (Wildman–Crippen LogP) is 4.23. The molecule has 2 aliphatic heterocycles. The lowest BCUT2D eigenvalue weighted by molar-refractivity contribution is -0.133. The van der Waals surface area contributed by atoms with E-state index >= 15 is 0 Å². The van der Waals surface area contributed by atoms with Gasteiger partial charge in [0.15, 0.2) is 0 Å². The van der Waals surface area contributed by atoms with Gasteiger partial charge in [-0.3, -0.25) is 9.59 Å². The number of rotatable bonds is 8. The molecule has 0 unspecified atom stereocenters. The van der Waals surface area contributed by atoms with Gasteiger partial charge in [0.1, 0.15) is 0 Å². The van der Waals surface area contributed by atoms with Gasteiger partial charge >= 0.3 is 0 Å². The van der Waals surface area contributed by atoms with Crippen molar-refractivity contribution in [1.82, 2.24) is 9.80 Å². The first-order valence-corrected chi connectivity index (χ1v) is 10.6. The third kappa shape index (κ3) is 7.37. The molecule has 144 valence electrons. The van der Waals surface area contributed by atoms with Gasteiger partial charge < -0.3 is 9.80 Å². The first-order chi connectivity index (χ1) is 12.1. The smallest absolute Gasteiger partial charge is 0.222 e. The maximum Gasteiger partial charge on any atom is 0.222 e. The molecular formula is C21H38N2O2. The summed E-state index contributed by atoms with van der Waals surface area (Å²) < 4.78 is 0. The van der Waals surface area contributed by atoms with Crippen LogP contribution in [-0.4, -0.2) is 47.8 Å². The Morgan fingerprint density at radius 1 is 0.640 bits per heavy atom. The summed E-state index contributed by atoms with van der Waals surface area (Å²) in [6.07, 6.45) is 11.5. The monoisotopic (exact) mass is 350 g/mol. The van der Waals surface area contributed by atoms with Crippen LogP contribution in [0.3, 0.4) is 0 Å². The van der Waals surface area contributed by atoms with Crippen molar-refractivity contribution < 1.29 is 9.59 Å². The number of carbonyl (C=O) groups is 2. The summed E-state index contributed by atoms with van der Waals surface area (Å²) in [7, 11) is 0. The van der Waals surface area contributed by atoms with Gasteiger partial charge in [-0.25, -0.2) is 0 Å². The number of likely N-dealkylation sites (tertiary alicyclic amines) is 2. The number of piperidine rings is 2. The Hall–Kier alpha value is -1.06. The van der Waals surface area contributed by atoms with Crippen molar-refractivity contribution in [3.8, 4) is 0 Å². The van der Waals surface area contributed by atoms with Crippen molar-refractivity contribution in [3.05, 3.63) is 0 Å². The largest absolute Gasteiger partial charge is 0.343 e. The van der Waals surface area contributed by atoms with Gasteiger partial charge in [0.05, 0.1) is 0 Å². The number of hydrogen-bond acceptors (Lipinski definition) is 2. The molecule has 2 amide bonds. The number of amides is 2. The molecule has 2 aliphatic rings. The Balaban J connectivity index is 1.44. The SMILES string of the molecule is CC1CCN(C(=O)CCCCCCCC(=O)N2CCC(C)CC2)CC1. The Bertz CT molecular complexity index is 370. The van der Waals surface area contributed by atoms with E-state index in [2.05, 4.69) is 23.6 Å². The van der Waals surface area contributed by atoms with Gasteiger partial charge in [0.25, 0.3) is 0 Å². The van der Waals surface area contributed by atoms with Crippen LogP contribution in [0.2, 0.25) is 0 Å². The maximum atomic E-state index is 12.2. The molecule has 0 aromatic rings. The first-order valence-electron chi connectivity index (χ1n) is 10.6. The van der Waals surface area contributed by atoms with E-state index in [1.165, 1.54) is 0 Å². The van der Waals surface area contributed by atoms with Gasteiger partial charge in [0.2, 0.25) is 11.8 Å². The summed E-state index contributed by atoms with van der Waals surface area (Å²) in [5.74, 6) is 2.25. The van der Waals surface area contributed by atoms with E-state index in [0.717, 1.165) is 95.8 Å². The number of carbonyl (C=O) groups excluding carboxylic acids is 2. The molecule has 2 heterocycles. The summed E-state index contributed by atoms with van der Waals surface area (Å²) in [6.45, 7) is 8.38. The summed E-state index contributed by atoms with van der Waals surface area (Å²) >= 11 is 0. The topological polar surface area (TPSA) is 40.6 Å². The van der Waals surface area contributed by atoms with Gasteiger partial charge in [-0.15, -0.1) is 0 Å². The fraction of sp³-hybridized carbons (Fsp3) is 0.905. The summed E-state index contributed by atoms with van der Waals surface area (Å²) in [5.41, 5.74) is 0. The average Bonchev–Trinajstić information content (AvgIpc) is 2.61. The van der Waals surface area contributed by atoms with Gasteiger partial charge in [-0.2, -0.15) is 0 Å². The van der Waals surface area contributed by atoms with E-state index < -0.39 is 0 Å². The van der Waals surface area contributed by atoms with Crippen molar-refractivity contribution in [2.24, 2.45) is 11.8 Å². The predicted molar refractivity (Wildman–Crippen MR) is 102 cm³/mol. The van der Waals surface area contributed by atoms with Crippen LogP contribution in [0.5, 0.6) is 0 Å². The molecule has 4 nitrogen and oxygen atoms in total. The standard InChI is InChI=1S/C21H38N2O2/c1-18-10-14-22(15-11-18)20(24)8-6-4-3-5-7-9-21(25)23-16-12-19(2)13-17-23/h18-19H,3-17H2,1-2H3. The van der Waals surface area contributed by atoms with Crippen molar-refractivity contribution in [1.29, 1.82) is 0 Å². The zero-order chi connectivity index (χ0) is 18.1. The lowest BCUT2D eigenvalue weighted by Crippen LogP contribution is -2.37. The van der Waals surface area contributed by atoms with E-state index in [1.54, 1.807) is 0 Å². The molecular weight excluding hydrogens is 312 g/mol. The summed E-state index contributed by atoms with van der Waals surface area (Å²) in [5, 5.41) is 0. The van der Waals surface area contributed by atoms with Crippen LogP contribution in [0.25, 0.3) is 0 Å². The van der Waals surface area contributed by atoms with Crippen LogP contribution in [0.15, 0.2) is 0 Å². The summed E-state index contributed by atoms with van der Waals surface area (Å²) in [6, 6.07) is 0. The highest BCUT2D eigenvalue weighted by Crippen LogP contribution is 2.19. The molecule has 2 fully saturated rings. The molecule has 0 saturated carbocycles. The Morgan fingerprint density at radius 2 is 0.960 bits per heavy atom. The summed E-state index contributed by atoms with van der Waals surface area (Å²) in [4.78, 5) is 28.4. The number of unbranched alkanes of at least 4 members (excludes halogenated alkanes) is 4. The molecule has 2 saturated heterocycles. The highest BCUT2D eigenvalue weighted by molar-refractivity contribution is 5.76. The molecule has 0 atom stereocenters. The Morgan fingerprint density at radius 3 is 1.32 bits per heavy atom. The van der Waals surface area contributed by atoms with Crippen LogP contribution in [0.4, 0.5) is 0 Å². The van der Waals surface area contributed by atoms with Crippen LogP contribution < -0.4 is 0 Å². The molecule has 4 heteroatoms. The zero-order valence-corrected chi connectivity index (χ0v) is 16.5. The zero-order valence-electron chi connectivity index (χ0n) is 16.5. The molecule has 0 radical (unpaired) electrons. The average molecular weight is 351 g/mol. The molecule has 0 bridgehead atoms. The van der Waals surface area contributed by atoms with Crippen LogP contribution in [0.1, 0.15) is 84.5 Å². The van der Waals surface area contributed by atoms with E-state index in [0.29, 0.717) is 24.7 Å². The van der Waals surface area contributed by atoms with Gasteiger partial charge in [-0.05, 0) is 50.4 Å². The second-order valence-corrected chi connectivity index (χ2v) is 8.39. The van der Waals surface area contributed by atoms with Crippen LogP contribution >= 0.6 is 0 Å². The lowest BCUT2D eigenvalue weighted by Gasteiger charge is -2.30. The normalized spacial score (nSPS) is 20.1. The van der Waals surface area contributed by atoms with Crippen molar-refractivity contribution in [2.45, 2.75) is 84.5 Å². The van der Waals surface area contributed by atoms with Crippen molar-refractivity contribution in [2.75, 3.05) is 26.2 Å². The fourth-order valence-electron chi connectivity index (χ4n) is 3.91. The Kier molecular flexibility index (Phi) is 8.77. The van der Waals surface area contributed by atoms with E-state index in [-0.39, 0.29) is 0 Å². The van der Waals surface area contributed by atoms with Crippen molar-refractivity contribution in [3.63, 3.8) is 0 Å². The van der Waals surface area contributed by atoms with Gasteiger partial charge in [0, 0.05) is 39.0 Å². The van der Waals surface area contributed by atoms with Crippen LogP contribution in [0, 0.1) is 11.8 Å². The number of nitrogens with zero attached hydrogens (tertiary/aromatic N) is 2. The van der Waals surface area contributed by atoms with Gasteiger partial charge in [-0.1, -0.05) is 33.1 Å². The number of hydrogen-bond donors (Lipinski definition) is 0.